The summed E-state index contributed by atoms with van der Waals surface area (Å²) >= 11 is 0. The summed E-state index contributed by atoms with van der Waals surface area (Å²) < 4.78 is 10.4. The van der Waals surface area contributed by atoms with Gasteiger partial charge in [0.25, 0.3) is 5.78 Å². The van der Waals surface area contributed by atoms with Gasteiger partial charge in [-0.2, -0.15) is 0 Å². The van der Waals surface area contributed by atoms with E-state index in [0.717, 1.165) is 16.9 Å². The van der Waals surface area contributed by atoms with E-state index in [1.54, 1.807) is 19.9 Å². The van der Waals surface area contributed by atoms with Crippen LogP contribution in [0.25, 0.3) is 0 Å². The number of benzene rings is 1. The van der Waals surface area contributed by atoms with E-state index in [0.29, 0.717) is 12.2 Å². The fourth-order valence-corrected chi connectivity index (χ4v) is 1.98. The standard InChI is InChI=1S/C16H22O4/c1-6-19-14-8-11(5)13(9-12(14)10(3)4)15(17)16(18)20-7-2/h8-10H,6-7H2,1-5H3. The van der Waals surface area contributed by atoms with Gasteiger partial charge in [0, 0.05) is 5.56 Å². The monoisotopic (exact) mass is 278 g/mol. The maximum Gasteiger partial charge on any atom is 0.379 e. The molecule has 0 aliphatic rings. The Bertz CT molecular complexity index is 503. The Morgan fingerprint density at radius 3 is 2.30 bits per heavy atom. The van der Waals surface area contributed by atoms with Gasteiger partial charge in [-0.1, -0.05) is 13.8 Å². The summed E-state index contributed by atoms with van der Waals surface area (Å²) in [5.74, 6) is -0.449. The van der Waals surface area contributed by atoms with Crippen molar-refractivity contribution in [1.82, 2.24) is 0 Å². The first kappa shape index (κ1) is 16.2. The Morgan fingerprint density at radius 1 is 1.15 bits per heavy atom. The van der Waals surface area contributed by atoms with Gasteiger partial charge in [0.15, 0.2) is 0 Å². The Kier molecular flexibility index (Phi) is 5.74. The van der Waals surface area contributed by atoms with Crippen LogP contribution in [0.5, 0.6) is 5.75 Å². The highest BCUT2D eigenvalue weighted by molar-refractivity contribution is 6.41. The van der Waals surface area contributed by atoms with Crippen LogP contribution in [0.15, 0.2) is 12.1 Å². The molecule has 0 aliphatic heterocycles. The number of ether oxygens (including phenoxy) is 2. The first-order valence-corrected chi connectivity index (χ1v) is 6.91. The summed E-state index contributed by atoms with van der Waals surface area (Å²) in [7, 11) is 0. The van der Waals surface area contributed by atoms with Gasteiger partial charge >= 0.3 is 5.97 Å². The lowest BCUT2D eigenvalue weighted by Crippen LogP contribution is -2.19. The first-order chi connectivity index (χ1) is 9.42. The summed E-state index contributed by atoms with van der Waals surface area (Å²) in [5.41, 5.74) is 2.02. The van der Waals surface area contributed by atoms with Crippen LogP contribution in [0.2, 0.25) is 0 Å². The molecule has 0 unspecified atom stereocenters. The maximum atomic E-state index is 12.1. The van der Waals surface area contributed by atoms with Crippen molar-refractivity contribution >= 4 is 11.8 Å². The SMILES string of the molecule is CCOC(=O)C(=O)c1cc(C(C)C)c(OCC)cc1C. The van der Waals surface area contributed by atoms with E-state index >= 15 is 0 Å². The molecule has 1 aromatic carbocycles. The molecule has 0 saturated carbocycles. The molecule has 0 aliphatic carbocycles. The molecular formula is C16H22O4. The molecule has 0 spiro atoms. The highest BCUT2D eigenvalue weighted by Gasteiger charge is 2.22. The summed E-state index contributed by atoms with van der Waals surface area (Å²) in [5, 5.41) is 0. The predicted molar refractivity (Wildman–Crippen MR) is 77.4 cm³/mol. The quantitative estimate of drug-likeness (QED) is 0.455. The molecule has 0 aromatic heterocycles. The number of Topliss-reactive ketones (excluding diaryl/α,β-unsaturated/α-hetero) is 1. The van der Waals surface area contributed by atoms with Crippen molar-refractivity contribution in [1.29, 1.82) is 0 Å². The minimum atomic E-state index is -0.811. The number of hydrogen-bond donors (Lipinski definition) is 0. The molecule has 0 N–H and O–H groups in total. The van der Waals surface area contributed by atoms with Crippen molar-refractivity contribution < 1.29 is 19.1 Å². The molecule has 0 bridgehead atoms. The van der Waals surface area contributed by atoms with Gasteiger partial charge in [-0.3, -0.25) is 4.79 Å². The molecule has 0 atom stereocenters. The fourth-order valence-electron chi connectivity index (χ4n) is 1.98. The van der Waals surface area contributed by atoms with Crippen molar-refractivity contribution in [2.24, 2.45) is 0 Å². The van der Waals surface area contributed by atoms with Crippen molar-refractivity contribution in [2.45, 2.75) is 40.5 Å². The third-order valence-corrected chi connectivity index (χ3v) is 2.98. The highest BCUT2D eigenvalue weighted by atomic mass is 16.5. The minimum absolute atomic E-state index is 0.192. The molecule has 0 fully saturated rings. The number of carbonyl (C=O) groups excluding carboxylic acids is 2. The van der Waals surface area contributed by atoms with Crippen LogP contribution in [0.3, 0.4) is 0 Å². The predicted octanol–water partition coefficient (Wildman–Crippen LogP) is 3.26. The smallest absolute Gasteiger partial charge is 0.379 e. The van der Waals surface area contributed by atoms with Gasteiger partial charge in [0.05, 0.1) is 13.2 Å². The second kappa shape index (κ2) is 7.08. The zero-order valence-corrected chi connectivity index (χ0v) is 12.8. The average molecular weight is 278 g/mol. The molecule has 0 amide bonds. The minimum Gasteiger partial charge on any atom is -0.494 e. The molecule has 4 nitrogen and oxygen atoms in total. The number of aryl methyl sites for hydroxylation is 1. The van der Waals surface area contributed by atoms with E-state index in [9.17, 15) is 9.59 Å². The second-order valence-electron chi connectivity index (χ2n) is 4.84. The highest BCUT2D eigenvalue weighted by Crippen LogP contribution is 2.30. The maximum absolute atomic E-state index is 12.1. The number of ketones is 1. The van der Waals surface area contributed by atoms with Gasteiger partial charge in [-0.15, -0.1) is 0 Å². The van der Waals surface area contributed by atoms with Crippen LogP contribution in [0.1, 0.15) is 55.1 Å². The Labute approximate surface area is 120 Å². The summed E-state index contributed by atoms with van der Waals surface area (Å²) in [6.45, 7) is 10.2. The van der Waals surface area contributed by atoms with Crippen molar-refractivity contribution in [2.75, 3.05) is 13.2 Å². The Morgan fingerprint density at radius 2 is 1.80 bits per heavy atom. The molecule has 20 heavy (non-hydrogen) atoms. The van der Waals surface area contributed by atoms with E-state index in [-0.39, 0.29) is 12.5 Å². The molecule has 0 radical (unpaired) electrons. The third-order valence-electron chi connectivity index (χ3n) is 2.98. The van der Waals surface area contributed by atoms with E-state index in [2.05, 4.69) is 0 Å². The van der Waals surface area contributed by atoms with Crippen LogP contribution in [-0.4, -0.2) is 25.0 Å². The van der Waals surface area contributed by atoms with E-state index in [4.69, 9.17) is 9.47 Å². The summed E-state index contributed by atoms with van der Waals surface area (Å²) in [4.78, 5) is 23.7. The lowest BCUT2D eigenvalue weighted by molar-refractivity contribution is -0.137. The van der Waals surface area contributed by atoms with Crippen LogP contribution in [-0.2, 0) is 9.53 Å². The van der Waals surface area contributed by atoms with E-state index in [1.807, 2.05) is 26.8 Å². The molecular weight excluding hydrogens is 256 g/mol. The van der Waals surface area contributed by atoms with Crippen LogP contribution in [0.4, 0.5) is 0 Å². The molecule has 4 heteroatoms. The molecule has 0 saturated heterocycles. The Hall–Kier alpha value is -1.84. The van der Waals surface area contributed by atoms with Crippen molar-refractivity contribution in [3.63, 3.8) is 0 Å². The van der Waals surface area contributed by atoms with Crippen LogP contribution >= 0.6 is 0 Å². The van der Waals surface area contributed by atoms with E-state index in [1.165, 1.54) is 0 Å². The van der Waals surface area contributed by atoms with E-state index < -0.39 is 11.8 Å². The first-order valence-electron chi connectivity index (χ1n) is 6.91. The molecule has 0 heterocycles. The number of rotatable bonds is 6. The lowest BCUT2D eigenvalue weighted by Gasteiger charge is -2.16. The number of esters is 1. The van der Waals surface area contributed by atoms with Gasteiger partial charge in [0.1, 0.15) is 5.75 Å². The summed E-state index contributed by atoms with van der Waals surface area (Å²) in [6.07, 6.45) is 0. The fraction of sp³-hybridized carbons (Fsp3) is 0.500. The second-order valence-corrected chi connectivity index (χ2v) is 4.84. The van der Waals surface area contributed by atoms with Gasteiger partial charge < -0.3 is 9.47 Å². The topological polar surface area (TPSA) is 52.6 Å². The normalized spacial score (nSPS) is 10.5. The largest absolute Gasteiger partial charge is 0.494 e. The molecule has 1 aromatic rings. The Balaban J connectivity index is 3.24. The molecule has 110 valence electrons. The zero-order chi connectivity index (χ0) is 15.3. The van der Waals surface area contributed by atoms with Gasteiger partial charge in [-0.25, -0.2) is 4.79 Å². The van der Waals surface area contributed by atoms with Crippen LogP contribution < -0.4 is 4.74 Å². The number of hydrogen-bond acceptors (Lipinski definition) is 4. The zero-order valence-electron chi connectivity index (χ0n) is 12.8. The van der Waals surface area contributed by atoms with Crippen molar-refractivity contribution in [3.8, 4) is 5.75 Å². The van der Waals surface area contributed by atoms with Gasteiger partial charge in [0.2, 0.25) is 0 Å². The molecule has 1 rings (SSSR count). The number of carbonyl (C=O) groups is 2. The third kappa shape index (κ3) is 3.59. The average Bonchev–Trinajstić information content (AvgIpc) is 2.38. The lowest BCUT2D eigenvalue weighted by atomic mass is 9.94. The van der Waals surface area contributed by atoms with Gasteiger partial charge in [-0.05, 0) is 49.9 Å². The van der Waals surface area contributed by atoms with Crippen LogP contribution in [0, 0.1) is 6.92 Å². The summed E-state index contributed by atoms with van der Waals surface area (Å²) in [6, 6.07) is 3.55. The van der Waals surface area contributed by atoms with Crippen molar-refractivity contribution in [3.05, 3.63) is 28.8 Å².